The predicted molar refractivity (Wildman–Crippen MR) is 52.6 cm³/mol. The summed E-state index contributed by atoms with van der Waals surface area (Å²) in [7, 11) is 0. The highest BCUT2D eigenvalue weighted by atomic mass is 79.9. The van der Waals surface area contributed by atoms with Gasteiger partial charge in [-0.15, -0.1) is 0 Å². The van der Waals surface area contributed by atoms with E-state index < -0.39 is 6.43 Å². The van der Waals surface area contributed by atoms with Gasteiger partial charge in [0.2, 0.25) is 0 Å². The Balaban J connectivity index is 2.94. The summed E-state index contributed by atoms with van der Waals surface area (Å²) in [5.41, 5.74) is 0.800. The largest absolute Gasteiger partial charge is 0.295 e. The summed E-state index contributed by atoms with van der Waals surface area (Å²) >= 11 is 3.07. The second-order valence-corrected chi connectivity index (χ2v) is 3.45. The van der Waals surface area contributed by atoms with Crippen molar-refractivity contribution in [1.82, 2.24) is 0 Å². The molecule has 0 aromatic heterocycles. The van der Waals surface area contributed by atoms with Crippen LogP contribution in [-0.4, -0.2) is 11.5 Å². The summed E-state index contributed by atoms with van der Waals surface area (Å²) in [5, 5.41) is 3.66. The van der Waals surface area contributed by atoms with Gasteiger partial charge in [-0.1, -0.05) is 28.1 Å². The third-order valence-electron chi connectivity index (χ3n) is 1.65. The van der Waals surface area contributed by atoms with Crippen molar-refractivity contribution in [3.05, 3.63) is 33.8 Å². The SMILES string of the molecule is C=[N+]=NCc1ccc(C(F)F)c(Br)c1. The van der Waals surface area contributed by atoms with Crippen LogP contribution in [0.5, 0.6) is 0 Å². The van der Waals surface area contributed by atoms with Crippen LogP contribution < -0.4 is 0 Å². The predicted octanol–water partition coefficient (Wildman–Crippen LogP) is 3.25. The van der Waals surface area contributed by atoms with Gasteiger partial charge >= 0.3 is 0 Å². The molecule has 0 atom stereocenters. The summed E-state index contributed by atoms with van der Waals surface area (Å²) < 4.78 is 25.1. The number of hydrogen-bond donors (Lipinski definition) is 0. The molecule has 5 heteroatoms. The van der Waals surface area contributed by atoms with E-state index in [0.717, 1.165) is 5.56 Å². The molecule has 0 heterocycles. The topological polar surface area (TPSA) is 26.5 Å². The summed E-state index contributed by atoms with van der Waals surface area (Å²) in [6.07, 6.45) is -2.46. The molecule has 0 bridgehead atoms. The molecule has 0 unspecified atom stereocenters. The van der Waals surface area contributed by atoms with Crippen LogP contribution >= 0.6 is 15.9 Å². The molecule has 14 heavy (non-hydrogen) atoms. The molecule has 0 N–H and O–H groups in total. The average Bonchev–Trinajstić information content (AvgIpc) is 2.14. The highest BCUT2D eigenvalue weighted by Gasteiger charge is 2.11. The standard InChI is InChI=1S/C9H8BrF2N2/c1-13-14-5-6-2-3-7(9(11)12)8(10)4-6/h2-4,9H,1,5H2/q+1. The number of nitrogens with zero attached hydrogens (tertiary/aromatic N) is 2. The Kier molecular flexibility index (Phi) is 3.92. The van der Waals surface area contributed by atoms with E-state index in [-0.39, 0.29) is 5.56 Å². The van der Waals surface area contributed by atoms with Crippen LogP contribution in [0, 0.1) is 0 Å². The van der Waals surface area contributed by atoms with Gasteiger partial charge in [0.05, 0.1) is 5.11 Å². The van der Waals surface area contributed by atoms with E-state index in [2.05, 4.69) is 32.6 Å². The van der Waals surface area contributed by atoms with Crippen LogP contribution in [0.25, 0.3) is 0 Å². The number of alkyl halides is 2. The summed E-state index contributed by atoms with van der Waals surface area (Å²) in [6, 6.07) is 4.58. The molecule has 0 radical (unpaired) electrons. The average molecular weight is 262 g/mol. The first kappa shape index (κ1) is 11.0. The number of rotatable bonds is 3. The number of benzene rings is 1. The van der Waals surface area contributed by atoms with Crippen LogP contribution in [0.1, 0.15) is 17.6 Å². The Bertz CT molecular complexity index is 373. The molecule has 2 nitrogen and oxygen atoms in total. The molecule has 0 aliphatic carbocycles. The first-order chi connectivity index (χ1) is 6.65. The van der Waals surface area contributed by atoms with Crippen molar-refractivity contribution in [2.45, 2.75) is 13.0 Å². The van der Waals surface area contributed by atoms with Gasteiger partial charge < -0.3 is 0 Å². The quantitative estimate of drug-likeness (QED) is 0.454. The van der Waals surface area contributed by atoms with Gasteiger partial charge in [0.25, 0.3) is 13.1 Å². The second-order valence-electron chi connectivity index (χ2n) is 2.60. The third-order valence-corrected chi connectivity index (χ3v) is 2.34. The highest BCUT2D eigenvalue weighted by molar-refractivity contribution is 9.10. The summed E-state index contributed by atoms with van der Waals surface area (Å²) in [6.45, 7) is 3.55. The lowest BCUT2D eigenvalue weighted by molar-refractivity contribution is -0.0798. The van der Waals surface area contributed by atoms with Gasteiger partial charge in [0.1, 0.15) is 6.54 Å². The lowest BCUT2D eigenvalue weighted by Crippen LogP contribution is -1.89. The van der Waals surface area contributed by atoms with Crippen molar-refractivity contribution < 1.29 is 13.6 Å². The zero-order chi connectivity index (χ0) is 10.6. The molecule has 0 spiro atoms. The van der Waals surface area contributed by atoms with Crippen LogP contribution in [0.3, 0.4) is 0 Å². The number of halogens is 3. The van der Waals surface area contributed by atoms with E-state index in [4.69, 9.17) is 0 Å². The van der Waals surface area contributed by atoms with E-state index in [1.165, 1.54) is 6.07 Å². The van der Waals surface area contributed by atoms with Crippen molar-refractivity contribution in [2.75, 3.05) is 0 Å². The minimum Gasteiger partial charge on any atom is -0.205 e. The third kappa shape index (κ3) is 2.72. The summed E-state index contributed by atoms with van der Waals surface area (Å²) in [4.78, 5) is 3.33. The fourth-order valence-corrected chi connectivity index (χ4v) is 1.58. The van der Waals surface area contributed by atoms with Crippen LogP contribution in [0.4, 0.5) is 8.78 Å². The zero-order valence-corrected chi connectivity index (χ0v) is 8.84. The van der Waals surface area contributed by atoms with Gasteiger partial charge in [-0.2, -0.15) is 0 Å². The maximum absolute atomic E-state index is 12.3. The smallest absolute Gasteiger partial charge is 0.205 e. The zero-order valence-electron chi connectivity index (χ0n) is 7.25. The van der Waals surface area contributed by atoms with Crippen molar-refractivity contribution in [2.24, 2.45) is 5.11 Å². The van der Waals surface area contributed by atoms with Crippen molar-refractivity contribution in [3.8, 4) is 0 Å². The molecule has 1 rings (SSSR count). The molecular weight excluding hydrogens is 254 g/mol. The highest BCUT2D eigenvalue weighted by Crippen LogP contribution is 2.28. The maximum atomic E-state index is 12.3. The molecule has 0 aliphatic rings. The Morgan fingerprint density at radius 3 is 2.71 bits per heavy atom. The molecule has 0 fully saturated rings. The lowest BCUT2D eigenvalue weighted by Gasteiger charge is -2.03. The van der Waals surface area contributed by atoms with E-state index in [1.54, 1.807) is 12.1 Å². The lowest BCUT2D eigenvalue weighted by atomic mass is 10.1. The first-order valence-electron chi connectivity index (χ1n) is 3.84. The minimum atomic E-state index is -2.46. The maximum Gasteiger partial charge on any atom is 0.295 e. The minimum absolute atomic E-state index is 0.0136. The Hall–Kier alpha value is -1.06. The molecule has 74 valence electrons. The van der Waals surface area contributed by atoms with Crippen molar-refractivity contribution >= 4 is 22.6 Å². The molecule has 0 aliphatic heterocycles. The van der Waals surface area contributed by atoms with E-state index in [0.29, 0.717) is 11.0 Å². The molecule has 1 aromatic carbocycles. The Morgan fingerprint density at radius 1 is 1.50 bits per heavy atom. The monoisotopic (exact) mass is 261 g/mol. The fourth-order valence-electron chi connectivity index (χ4n) is 0.978. The van der Waals surface area contributed by atoms with Crippen LogP contribution in [0.2, 0.25) is 0 Å². The normalized spacial score (nSPS) is 10.0. The molecule has 0 amide bonds. The van der Waals surface area contributed by atoms with Gasteiger partial charge in [0.15, 0.2) is 0 Å². The summed E-state index contributed by atoms with van der Waals surface area (Å²) in [5.74, 6) is 0. The molecule has 0 saturated carbocycles. The second kappa shape index (κ2) is 4.98. The van der Waals surface area contributed by atoms with E-state index in [1.807, 2.05) is 0 Å². The molecular formula is C9H8BrF2N2+. The van der Waals surface area contributed by atoms with E-state index >= 15 is 0 Å². The fraction of sp³-hybridized carbons (Fsp3) is 0.222. The van der Waals surface area contributed by atoms with Crippen LogP contribution in [-0.2, 0) is 6.54 Å². The number of hydrogen-bond acceptors (Lipinski definition) is 1. The van der Waals surface area contributed by atoms with E-state index in [9.17, 15) is 8.78 Å². The van der Waals surface area contributed by atoms with Crippen molar-refractivity contribution in [3.63, 3.8) is 0 Å². The van der Waals surface area contributed by atoms with Gasteiger partial charge in [-0.3, -0.25) is 0 Å². The molecule has 0 saturated heterocycles. The van der Waals surface area contributed by atoms with Gasteiger partial charge in [-0.05, 0) is 11.6 Å². The van der Waals surface area contributed by atoms with Gasteiger partial charge in [-0.25, -0.2) is 8.78 Å². The molecule has 1 aromatic rings. The van der Waals surface area contributed by atoms with Crippen LogP contribution in [0.15, 0.2) is 27.8 Å². The Morgan fingerprint density at radius 2 is 2.21 bits per heavy atom. The van der Waals surface area contributed by atoms with Crippen molar-refractivity contribution in [1.29, 1.82) is 0 Å². The first-order valence-corrected chi connectivity index (χ1v) is 4.63. The van der Waals surface area contributed by atoms with Gasteiger partial charge in [0, 0.05) is 14.8 Å². The Labute approximate surface area is 88.5 Å².